The lowest BCUT2D eigenvalue weighted by Crippen LogP contribution is -3.11. The van der Waals surface area contributed by atoms with Crippen LogP contribution >= 0.6 is 0 Å². The van der Waals surface area contributed by atoms with E-state index in [2.05, 4.69) is 64.5 Å². The molecule has 7 nitrogen and oxygen atoms in total. The van der Waals surface area contributed by atoms with Gasteiger partial charge >= 0.3 is 6.03 Å². The van der Waals surface area contributed by atoms with Crippen LogP contribution in [0.2, 0.25) is 0 Å². The van der Waals surface area contributed by atoms with Gasteiger partial charge in [-0.3, -0.25) is 9.89 Å². The quantitative estimate of drug-likeness (QED) is 0.145. The van der Waals surface area contributed by atoms with Gasteiger partial charge in [0.25, 0.3) is 0 Å². The van der Waals surface area contributed by atoms with E-state index < -0.39 is 12.3 Å². The average Bonchev–Trinajstić information content (AvgIpc) is 3.02. The van der Waals surface area contributed by atoms with Crippen molar-refractivity contribution < 1.29 is 14.8 Å². The molecule has 2 N–H and O–H groups in total. The molecule has 1 aromatic carbocycles. The highest BCUT2D eigenvalue weighted by molar-refractivity contribution is 5.94. The van der Waals surface area contributed by atoms with Gasteiger partial charge in [0.05, 0.1) is 37.2 Å². The zero-order valence-electron chi connectivity index (χ0n) is 29.7. The maximum atomic E-state index is 13.0. The fraction of sp³-hybridized carbons (Fsp3) is 0.757. The summed E-state index contributed by atoms with van der Waals surface area (Å²) >= 11 is 0. The van der Waals surface area contributed by atoms with Crippen LogP contribution in [0.1, 0.15) is 142 Å². The van der Waals surface area contributed by atoms with Crippen molar-refractivity contribution in [3.8, 4) is 0 Å². The van der Waals surface area contributed by atoms with Gasteiger partial charge in [-0.1, -0.05) is 98.3 Å². The number of urea groups is 1. The molecule has 44 heavy (non-hydrogen) atoms. The molecule has 2 amide bonds. The number of unbranched alkanes of at least 4 members (excludes halogenated alkanes) is 11. The number of fused-ring (bicyclic) bond motifs is 1. The summed E-state index contributed by atoms with van der Waals surface area (Å²) in [6, 6.07) is 3.71. The van der Waals surface area contributed by atoms with Crippen LogP contribution in [-0.4, -0.2) is 67.5 Å². The van der Waals surface area contributed by atoms with E-state index >= 15 is 0 Å². The molecule has 252 valence electrons. The third kappa shape index (κ3) is 16.2. The summed E-state index contributed by atoms with van der Waals surface area (Å²) < 4.78 is 0. The third-order valence-corrected chi connectivity index (χ3v) is 8.64. The zero-order chi connectivity index (χ0) is 32.6. The van der Waals surface area contributed by atoms with Crippen LogP contribution in [-0.2, 0) is 0 Å². The molecular weight excluding hydrogens is 546 g/mol. The summed E-state index contributed by atoms with van der Waals surface area (Å²) in [6.45, 7) is 19.7. The number of aliphatic hydroxyl groups is 1. The molecule has 1 aromatic rings. The number of aliphatic imine (C=N–C) groups is 2. The number of hydrogen-bond acceptors (Lipinski definition) is 4. The minimum atomic E-state index is -1.10. The van der Waals surface area contributed by atoms with Crippen LogP contribution in [0.5, 0.6) is 0 Å². The van der Waals surface area contributed by atoms with E-state index in [1.54, 1.807) is 11.2 Å². The Morgan fingerprint density at radius 2 is 1.25 bits per heavy atom. The van der Waals surface area contributed by atoms with Crippen LogP contribution in [0.3, 0.4) is 0 Å². The Bertz CT molecular complexity index is 942. The Hall–Kier alpha value is -2.25. The number of rotatable bonds is 20. The molecular formula is C37H68N5O2+. The summed E-state index contributed by atoms with van der Waals surface area (Å²) in [5.74, 6) is 0. The van der Waals surface area contributed by atoms with E-state index in [1.165, 1.54) is 94.7 Å². The van der Waals surface area contributed by atoms with Crippen molar-refractivity contribution in [2.45, 2.75) is 151 Å². The predicted octanol–water partition coefficient (Wildman–Crippen LogP) is 8.42. The number of carbonyl (C=O) groups excluding carboxylic acids is 1. The van der Waals surface area contributed by atoms with Gasteiger partial charge < -0.3 is 14.9 Å². The van der Waals surface area contributed by atoms with Gasteiger partial charge in [0.2, 0.25) is 0 Å². The highest BCUT2D eigenvalue weighted by Crippen LogP contribution is 2.32. The Labute approximate surface area is 271 Å². The molecule has 0 radical (unpaired) electrons. The number of anilines is 1. The highest BCUT2D eigenvalue weighted by Gasteiger charge is 2.22. The molecule has 0 bridgehead atoms. The minimum Gasteiger partial charge on any atom is -0.368 e. The molecule has 0 saturated carbocycles. The standard InChI is InChI=1S/C29H49N5O2.C8H18/c1-6-9-11-12-13-14-16-32(8-3)17-15-19-34-28(35)22-30-26-20-24(4)25(5)21-27(26)33(18-10-7-2)23-31-29(34)36;1-3-5-7-8-6-4-2/h20-23,28,35H,6-19H2,1-5H3;3-8H2,1-2H3/p+1/b30-22?,31-23+;. The van der Waals surface area contributed by atoms with Crippen molar-refractivity contribution >= 4 is 30.0 Å². The first-order valence-electron chi connectivity index (χ1n) is 18.1. The largest absolute Gasteiger partial charge is 0.368 e. The second-order valence-electron chi connectivity index (χ2n) is 12.5. The maximum absolute atomic E-state index is 13.0. The molecule has 2 rings (SSSR count). The van der Waals surface area contributed by atoms with Crippen LogP contribution in [0.25, 0.3) is 0 Å². The van der Waals surface area contributed by atoms with Gasteiger partial charge in [0, 0.05) is 19.5 Å². The van der Waals surface area contributed by atoms with Gasteiger partial charge in [0.1, 0.15) is 6.34 Å². The summed E-state index contributed by atoms with van der Waals surface area (Å²) in [5, 5.41) is 10.8. The van der Waals surface area contributed by atoms with E-state index in [-0.39, 0.29) is 0 Å². The summed E-state index contributed by atoms with van der Waals surface area (Å²) in [6.07, 6.45) is 21.2. The molecule has 7 heteroatoms. The molecule has 0 aromatic heterocycles. The number of nitrogens with one attached hydrogen (secondary N) is 1. The van der Waals surface area contributed by atoms with Crippen molar-refractivity contribution in [1.82, 2.24) is 4.90 Å². The second-order valence-corrected chi connectivity index (χ2v) is 12.5. The summed E-state index contributed by atoms with van der Waals surface area (Å²) in [4.78, 5) is 26.9. The van der Waals surface area contributed by atoms with Gasteiger partial charge in [-0.15, -0.1) is 0 Å². The number of hydrogen-bond donors (Lipinski definition) is 2. The fourth-order valence-corrected chi connectivity index (χ4v) is 5.44. The van der Waals surface area contributed by atoms with Crippen LogP contribution in [0.4, 0.5) is 16.2 Å². The van der Waals surface area contributed by atoms with Crippen molar-refractivity contribution in [3.63, 3.8) is 0 Å². The van der Waals surface area contributed by atoms with E-state index in [9.17, 15) is 9.90 Å². The molecule has 2 atom stereocenters. The fourth-order valence-electron chi connectivity index (χ4n) is 5.44. The lowest BCUT2D eigenvalue weighted by molar-refractivity contribution is -0.898. The second kappa shape index (κ2) is 25.0. The van der Waals surface area contributed by atoms with Crippen LogP contribution < -0.4 is 9.80 Å². The zero-order valence-corrected chi connectivity index (χ0v) is 29.7. The average molecular weight is 615 g/mol. The number of quaternary nitrogens is 1. The molecule has 0 aliphatic carbocycles. The van der Waals surface area contributed by atoms with E-state index in [0.29, 0.717) is 6.54 Å². The monoisotopic (exact) mass is 615 g/mol. The lowest BCUT2D eigenvalue weighted by atomic mass is 10.1. The van der Waals surface area contributed by atoms with Crippen molar-refractivity contribution in [2.75, 3.05) is 37.6 Å². The number of aliphatic hydroxyl groups excluding tert-OH is 1. The van der Waals surface area contributed by atoms with Gasteiger partial charge in [0.15, 0.2) is 6.23 Å². The minimum absolute atomic E-state index is 0.420. The lowest BCUT2D eigenvalue weighted by Gasteiger charge is -2.27. The maximum Gasteiger partial charge on any atom is 0.347 e. The Morgan fingerprint density at radius 3 is 1.84 bits per heavy atom. The summed E-state index contributed by atoms with van der Waals surface area (Å²) in [7, 11) is 0. The number of benzene rings is 1. The van der Waals surface area contributed by atoms with E-state index in [1.807, 2.05) is 11.0 Å². The molecule has 1 heterocycles. The smallest absolute Gasteiger partial charge is 0.347 e. The molecule has 1 aliphatic heterocycles. The first-order chi connectivity index (χ1) is 21.3. The van der Waals surface area contributed by atoms with E-state index in [4.69, 9.17) is 0 Å². The van der Waals surface area contributed by atoms with Gasteiger partial charge in [-0.25, -0.2) is 4.79 Å². The Morgan fingerprint density at radius 1 is 0.705 bits per heavy atom. The molecule has 2 unspecified atom stereocenters. The molecule has 1 aliphatic rings. The molecule has 0 spiro atoms. The van der Waals surface area contributed by atoms with Crippen LogP contribution in [0, 0.1) is 13.8 Å². The predicted molar refractivity (Wildman–Crippen MR) is 191 cm³/mol. The highest BCUT2D eigenvalue weighted by atomic mass is 16.3. The topological polar surface area (TPSA) is 72.9 Å². The van der Waals surface area contributed by atoms with Gasteiger partial charge in [-0.2, -0.15) is 4.99 Å². The number of amides is 2. The first-order valence-corrected chi connectivity index (χ1v) is 18.1. The number of nitrogens with zero attached hydrogens (tertiary/aromatic N) is 4. The van der Waals surface area contributed by atoms with Crippen molar-refractivity contribution in [3.05, 3.63) is 23.3 Å². The third-order valence-electron chi connectivity index (χ3n) is 8.64. The Kier molecular flexibility index (Phi) is 22.6. The number of aryl methyl sites for hydroxylation is 2. The van der Waals surface area contributed by atoms with E-state index in [0.717, 1.165) is 61.4 Å². The van der Waals surface area contributed by atoms with Crippen molar-refractivity contribution in [2.24, 2.45) is 9.98 Å². The van der Waals surface area contributed by atoms with Crippen molar-refractivity contribution in [1.29, 1.82) is 0 Å². The summed E-state index contributed by atoms with van der Waals surface area (Å²) in [5.41, 5.74) is 4.01. The number of carbonyl (C=O) groups is 1. The first kappa shape index (κ1) is 39.8. The molecule has 0 saturated heterocycles. The Balaban J connectivity index is 0.00000106. The van der Waals surface area contributed by atoms with Gasteiger partial charge in [-0.05, 0) is 63.3 Å². The molecule has 0 fully saturated rings. The van der Waals surface area contributed by atoms with Crippen LogP contribution in [0.15, 0.2) is 22.1 Å². The SMILES string of the molecule is CCCCCCCC.CCCCCCCC[NH+](CC)CCCN1C(=O)/N=C/N(CCCC)c2cc(C)c(C)cc2N=CC1O. The normalized spacial score (nSPS) is 16.4.